The van der Waals surface area contributed by atoms with Crippen molar-refractivity contribution in [2.45, 2.75) is 24.8 Å². The van der Waals surface area contributed by atoms with Crippen LogP contribution in [0.2, 0.25) is 0 Å². The lowest BCUT2D eigenvalue weighted by Gasteiger charge is -2.33. The maximum atomic E-state index is 13.5. The summed E-state index contributed by atoms with van der Waals surface area (Å²) in [5.41, 5.74) is -1.38. The lowest BCUT2D eigenvalue weighted by molar-refractivity contribution is -0.148. The first-order valence-electron chi connectivity index (χ1n) is 6.49. The third-order valence-corrected chi connectivity index (χ3v) is 4.48. The standard InChI is InChI=1S/C14H15F2NO3S/c15-10-1-2-11(16)9(7-10)8-12(18)17-14(13(19)20)3-5-21-6-4-14/h1-2,7H,3-6,8H2,(H,17,18)(H,19,20). The fourth-order valence-corrected chi connectivity index (χ4v) is 3.46. The zero-order valence-corrected chi connectivity index (χ0v) is 12.0. The second kappa shape index (κ2) is 6.43. The summed E-state index contributed by atoms with van der Waals surface area (Å²) in [4.78, 5) is 23.4. The van der Waals surface area contributed by atoms with Crippen molar-refractivity contribution < 1.29 is 23.5 Å². The number of amides is 1. The summed E-state index contributed by atoms with van der Waals surface area (Å²) in [5.74, 6) is -1.75. The van der Waals surface area contributed by atoms with E-state index in [9.17, 15) is 23.5 Å². The molecule has 0 unspecified atom stereocenters. The number of halogens is 2. The van der Waals surface area contributed by atoms with E-state index in [0.717, 1.165) is 18.2 Å². The van der Waals surface area contributed by atoms with Gasteiger partial charge in [0.25, 0.3) is 0 Å². The first-order chi connectivity index (χ1) is 9.93. The molecular formula is C14H15F2NO3S. The number of aliphatic carboxylic acids is 1. The molecule has 1 aliphatic rings. The van der Waals surface area contributed by atoms with Gasteiger partial charge < -0.3 is 10.4 Å². The van der Waals surface area contributed by atoms with Gasteiger partial charge in [-0.05, 0) is 42.5 Å². The molecule has 1 saturated heterocycles. The molecule has 2 rings (SSSR count). The lowest BCUT2D eigenvalue weighted by Crippen LogP contribution is -2.56. The largest absolute Gasteiger partial charge is 0.480 e. The predicted octanol–water partition coefficient (Wildman–Crippen LogP) is 1.97. The maximum Gasteiger partial charge on any atom is 0.329 e. The second-order valence-electron chi connectivity index (χ2n) is 4.96. The summed E-state index contributed by atoms with van der Waals surface area (Å²) in [6.45, 7) is 0. The summed E-state index contributed by atoms with van der Waals surface area (Å²) in [5, 5.41) is 11.8. The number of hydrogen-bond donors (Lipinski definition) is 2. The summed E-state index contributed by atoms with van der Waals surface area (Å²) in [6, 6.07) is 2.86. The molecule has 4 nitrogen and oxygen atoms in total. The molecule has 1 aromatic rings. The summed E-state index contributed by atoms with van der Waals surface area (Å²) < 4.78 is 26.6. The van der Waals surface area contributed by atoms with Gasteiger partial charge in [-0.1, -0.05) is 0 Å². The summed E-state index contributed by atoms with van der Waals surface area (Å²) in [6.07, 6.45) is 0.264. The molecular weight excluding hydrogens is 300 g/mol. The molecule has 0 saturated carbocycles. The van der Waals surface area contributed by atoms with E-state index in [1.807, 2.05) is 0 Å². The molecule has 1 amide bonds. The first kappa shape index (κ1) is 15.8. The van der Waals surface area contributed by atoms with Crippen LogP contribution in [0.25, 0.3) is 0 Å². The van der Waals surface area contributed by atoms with E-state index >= 15 is 0 Å². The van der Waals surface area contributed by atoms with Gasteiger partial charge >= 0.3 is 5.97 Å². The smallest absolute Gasteiger partial charge is 0.329 e. The number of rotatable bonds is 4. The van der Waals surface area contributed by atoms with Gasteiger partial charge in [-0.3, -0.25) is 4.79 Å². The van der Waals surface area contributed by atoms with Crippen molar-refractivity contribution in [3.05, 3.63) is 35.4 Å². The van der Waals surface area contributed by atoms with Crippen LogP contribution in [0.15, 0.2) is 18.2 Å². The van der Waals surface area contributed by atoms with Gasteiger partial charge in [-0.25, -0.2) is 13.6 Å². The number of carbonyl (C=O) groups excluding carboxylic acids is 1. The van der Waals surface area contributed by atoms with Gasteiger partial charge in [0, 0.05) is 5.56 Å². The molecule has 7 heteroatoms. The molecule has 2 N–H and O–H groups in total. The highest BCUT2D eigenvalue weighted by atomic mass is 32.2. The van der Waals surface area contributed by atoms with Gasteiger partial charge in [-0.15, -0.1) is 0 Å². The topological polar surface area (TPSA) is 66.4 Å². The molecule has 0 aliphatic carbocycles. The highest BCUT2D eigenvalue weighted by Crippen LogP contribution is 2.27. The van der Waals surface area contributed by atoms with E-state index in [2.05, 4.69) is 5.32 Å². The molecule has 1 aliphatic heterocycles. The first-order valence-corrected chi connectivity index (χ1v) is 7.64. The van der Waals surface area contributed by atoms with E-state index in [0.29, 0.717) is 24.3 Å². The SMILES string of the molecule is O=C(Cc1cc(F)ccc1F)NC1(C(=O)O)CCSCC1. The Labute approximate surface area is 124 Å². The minimum absolute atomic E-state index is 0.0850. The monoisotopic (exact) mass is 315 g/mol. The van der Waals surface area contributed by atoms with Crippen LogP contribution in [0.5, 0.6) is 0 Å². The summed E-state index contributed by atoms with van der Waals surface area (Å²) in [7, 11) is 0. The number of benzene rings is 1. The Balaban J connectivity index is 2.09. The molecule has 1 heterocycles. The van der Waals surface area contributed by atoms with Crippen molar-refractivity contribution in [1.29, 1.82) is 0 Å². The highest BCUT2D eigenvalue weighted by Gasteiger charge is 2.41. The van der Waals surface area contributed by atoms with E-state index in [-0.39, 0.29) is 12.0 Å². The van der Waals surface area contributed by atoms with E-state index in [1.54, 1.807) is 11.8 Å². The van der Waals surface area contributed by atoms with Crippen molar-refractivity contribution in [2.75, 3.05) is 11.5 Å². The average molecular weight is 315 g/mol. The van der Waals surface area contributed by atoms with Crippen LogP contribution in [0.3, 0.4) is 0 Å². The Bertz CT molecular complexity index is 559. The third kappa shape index (κ3) is 3.72. The van der Waals surface area contributed by atoms with Crippen molar-refractivity contribution in [3.8, 4) is 0 Å². The predicted molar refractivity (Wildman–Crippen MR) is 75.1 cm³/mol. The molecule has 0 spiro atoms. The summed E-state index contributed by atoms with van der Waals surface area (Å²) >= 11 is 1.63. The molecule has 114 valence electrons. The van der Waals surface area contributed by atoms with Crippen LogP contribution in [-0.4, -0.2) is 34.0 Å². The van der Waals surface area contributed by atoms with Crippen molar-refractivity contribution in [2.24, 2.45) is 0 Å². The Kier molecular flexibility index (Phi) is 4.82. The molecule has 0 aromatic heterocycles. The normalized spacial score (nSPS) is 17.2. The van der Waals surface area contributed by atoms with E-state index < -0.39 is 29.0 Å². The fourth-order valence-electron chi connectivity index (χ4n) is 2.28. The van der Waals surface area contributed by atoms with Crippen LogP contribution in [0.1, 0.15) is 18.4 Å². The molecule has 1 fully saturated rings. The molecule has 0 atom stereocenters. The van der Waals surface area contributed by atoms with E-state index in [4.69, 9.17) is 0 Å². The Morgan fingerprint density at radius 1 is 1.29 bits per heavy atom. The van der Waals surface area contributed by atoms with E-state index in [1.165, 1.54) is 0 Å². The minimum Gasteiger partial charge on any atom is -0.480 e. The number of thioether (sulfide) groups is 1. The number of carboxylic acid groups (broad SMARTS) is 1. The van der Waals surface area contributed by atoms with Crippen LogP contribution in [0.4, 0.5) is 8.78 Å². The number of carbonyl (C=O) groups is 2. The molecule has 0 bridgehead atoms. The van der Waals surface area contributed by atoms with Crippen LogP contribution in [0, 0.1) is 11.6 Å². The van der Waals surface area contributed by atoms with Crippen molar-refractivity contribution in [1.82, 2.24) is 5.32 Å². The van der Waals surface area contributed by atoms with Gasteiger partial charge in [0.2, 0.25) is 5.91 Å². The van der Waals surface area contributed by atoms with Crippen molar-refractivity contribution >= 4 is 23.6 Å². The van der Waals surface area contributed by atoms with Crippen LogP contribution in [-0.2, 0) is 16.0 Å². The van der Waals surface area contributed by atoms with Gasteiger partial charge in [0.15, 0.2) is 0 Å². The third-order valence-electron chi connectivity index (χ3n) is 3.49. The number of nitrogens with one attached hydrogen (secondary N) is 1. The molecule has 1 aromatic carbocycles. The maximum absolute atomic E-state index is 13.5. The van der Waals surface area contributed by atoms with Gasteiger partial charge in [-0.2, -0.15) is 11.8 Å². The number of hydrogen-bond acceptors (Lipinski definition) is 3. The Morgan fingerprint density at radius 2 is 1.95 bits per heavy atom. The average Bonchev–Trinajstić information content (AvgIpc) is 2.43. The molecule has 21 heavy (non-hydrogen) atoms. The van der Waals surface area contributed by atoms with Crippen LogP contribution < -0.4 is 5.32 Å². The van der Waals surface area contributed by atoms with Gasteiger partial charge in [0.1, 0.15) is 17.2 Å². The van der Waals surface area contributed by atoms with Gasteiger partial charge in [0.05, 0.1) is 6.42 Å². The zero-order chi connectivity index (χ0) is 15.5. The van der Waals surface area contributed by atoms with Crippen molar-refractivity contribution in [3.63, 3.8) is 0 Å². The zero-order valence-electron chi connectivity index (χ0n) is 11.2. The number of carboxylic acids is 1. The quantitative estimate of drug-likeness (QED) is 0.891. The minimum atomic E-state index is -1.30. The van der Waals surface area contributed by atoms with Crippen LogP contribution >= 0.6 is 11.8 Å². The Hall–Kier alpha value is -1.63. The second-order valence-corrected chi connectivity index (χ2v) is 6.19. The lowest BCUT2D eigenvalue weighted by atomic mass is 9.92. The fraction of sp³-hybridized carbons (Fsp3) is 0.429. The Morgan fingerprint density at radius 3 is 2.57 bits per heavy atom. The molecule has 0 radical (unpaired) electrons. The highest BCUT2D eigenvalue weighted by molar-refractivity contribution is 7.99.